The van der Waals surface area contributed by atoms with Gasteiger partial charge < -0.3 is 20.9 Å². The number of benzene rings is 1. The molecule has 4 N–H and O–H groups in total. The van der Waals surface area contributed by atoms with Gasteiger partial charge in [0.05, 0.1) is 35.2 Å². The van der Waals surface area contributed by atoms with Crippen LogP contribution in [0, 0.1) is 0 Å². The molecule has 3 rings (SSSR count). The van der Waals surface area contributed by atoms with Gasteiger partial charge in [-0.1, -0.05) is 18.2 Å². The van der Waals surface area contributed by atoms with Crippen LogP contribution in [0.4, 0.5) is 11.4 Å². The number of fused-ring (bicyclic) bond motifs is 1. The van der Waals surface area contributed by atoms with E-state index in [1.165, 1.54) is 0 Å². The molecule has 0 bridgehead atoms. The van der Waals surface area contributed by atoms with Gasteiger partial charge in [-0.05, 0) is 18.9 Å². The van der Waals surface area contributed by atoms with E-state index < -0.39 is 0 Å². The fraction of sp³-hybridized carbons (Fsp3) is 0.400. The molecule has 1 aliphatic rings. The van der Waals surface area contributed by atoms with Crippen molar-refractivity contribution in [2.45, 2.75) is 18.4 Å². The number of anilines is 2. The summed E-state index contributed by atoms with van der Waals surface area (Å²) in [6.45, 7) is 1.36. The molecule has 0 aliphatic carbocycles. The highest BCUT2D eigenvalue weighted by Crippen LogP contribution is 2.33. The lowest BCUT2D eigenvalue weighted by Gasteiger charge is -2.37. The van der Waals surface area contributed by atoms with E-state index in [0.717, 1.165) is 29.4 Å². The van der Waals surface area contributed by atoms with Crippen molar-refractivity contribution in [1.29, 1.82) is 0 Å². The quantitative estimate of drug-likeness (QED) is 0.794. The van der Waals surface area contributed by atoms with Crippen LogP contribution in [0.2, 0.25) is 0 Å². The Morgan fingerprint density at radius 2 is 2.05 bits per heavy atom. The van der Waals surface area contributed by atoms with E-state index in [2.05, 4.69) is 10.3 Å². The Morgan fingerprint density at radius 3 is 2.80 bits per heavy atom. The van der Waals surface area contributed by atoms with E-state index in [0.29, 0.717) is 18.9 Å². The molecule has 1 saturated heterocycles. The molecule has 106 valence electrons. The zero-order valence-electron chi connectivity index (χ0n) is 11.3. The standard InChI is InChI=1S/C15H19N3O2/c16-12-9-17-13-4-2-1-3-11(13)14(12)18-15(10-19)5-7-20-8-6-15/h1-4,9,19H,5-8,10,16H2,(H,17,18). The van der Waals surface area contributed by atoms with Gasteiger partial charge in [0, 0.05) is 18.6 Å². The maximum absolute atomic E-state index is 9.79. The Bertz CT molecular complexity index is 609. The van der Waals surface area contributed by atoms with Crippen molar-refractivity contribution in [3.63, 3.8) is 0 Å². The van der Waals surface area contributed by atoms with Crippen LogP contribution < -0.4 is 11.1 Å². The molecular weight excluding hydrogens is 254 g/mol. The van der Waals surface area contributed by atoms with Crippen LogP contribution in [0.5, 0.6) is 0 Å². The van der Waals surface area contributed by atoms with E-state index in [1.807, 2.05) is 24.3 Å². The first-order valence-corrected chi connectivity index (χ1v) is 6.84. The summed E-state index contributed by atoms with van der Waals surface area (Å²) in [5.74, 6) is 0. The summed E-state index contributed by atoms with van der Waals surface area (Å²) in [5.41, 5.74) is 8.06. The van der Waals surface area contributed by atoms with Crippen LogP contribution in [-0.2, 0) is 4.74 Å². The second-order valence-electron chi connectivity index (χ2n) is 5.28. The van der Waals surface area contributed by atoms with E-state index in [4.69, 9.17) is 10.5 Å². The molecular formula is C15H19N3O2. The van der Waals surface area contributed by atoms with E-state index in [9.17, 15) is 5.11 Å². The summed E-state index contributed by atoms with van der Waals surface area (Å²) in [6.07, 6.45) is 3.19. The van der Waals surface area contributed by atoms with Gasteiger partial charge in [-0.3, -0.25) is 4.98 Å². The lowest BCUT2D eigenvalue weighted by Crippen LogP contribution is -2.47. The second-order valence-corrected chi connectivity index (χ2v) is 5.28. The van der Waals surface area contributed by atoms with Crippen molar-refractivity contribution in [3.8, 4) is 0 Å². The third-order valence-corrected chi connectivity index (χ3v) is 3.95. The van der Waals surface area contributed by atoms with E-state index >= 15 is 0 Å². The van der Waals surface area contributed by atoms with Gasteiger partial charge in [-0.25, -0.2) is 0 Å². The number of nitrogens with zero attached hydrogens (tertiary/aromatic N) is 1. The van der Waals surface area contributed by atoms with Crippen molar-refractivity contribution in [2.24, 2.45) is 0 Å². The third kappa shape index (κ3) is 2.30. The normalized spacial score (nSPS) is 18.1. The fourth-order valence-corrected chi connectivity index (χ4v) is 2.65. The van der Waals surface area contributed by atoms with Crippen LogP contribution >= 0.6 is 0 Å². The average molecular weight is 273 g/mol. The molecule has 2 aromatic rings. The van der Waals surface area contributed by atoms with E-state index in [1.54, 1.807) is 6.20 Å². The third-order valence-electron chi connectivity index (χ3n) is 3.95. The highest BCUT2D eigenvalue weighted by molar-refractivity contribution is 5.97. The number of hydrogen-bond acceptors (Lipinski definition) is 5. The predicted octanol–water partition coefficient (Wildman–Crippen LogP) is 1.77. The van der Waals surface area contributed by atoms with Crippen LogP contribution in [-0.4, -0.2) is 35.5 Å². The topological polar surface area (TPSA) is 80.4 Å². The minimum atomic E-state index is -0.365. The summed E-state index contributed by atoms with van der Waals surface area (Å²) >= 11 is 0. The van der Waals surface area contributed by atoms with Crippen molar-refractivity contribution >= 4 is 22.3 Å². The lowest BCUT2D eigenvalue weighted by atomic mass is 9.90. The summed E-state index contributed by atoms with van der Waals surface area (Å²) in [5, 5.41) is 14.2. The minimum Gasteiger partial charge on any atom is -0.396 e. The number of ether oxygens (including phenoxy) is 1. The van der Waals surface area contributed by atoms with Crippen LogP contribution in [0.15, 0.2) is 30.5 Å². The average Bonchev–Trinajstić information content (AvgIpc) is 2.51. The predicted molar refractivity (Wildman–Crippen MR) is 79.6 cm³/mol. The number of para-hydroxylation sites is 1. The molecule has 0 atom stereocenters. The Balaban J connectivity index is 2.03. The number of aliphatic hydroxyl groups is 1. The first-order chi connectivity index (χ1) is 9.74. The van der Waals surface area contributed by atoms with Crippen molar-refractivity contribution in [3.05, 3.63) is 30.5 Å². The Labute approximate surface area is 117 Å². The first kappa shape index (κ1) is 13.1. The molecule has 1 aliphatic heterocycles. The highest BCUT2D eigenvalue weighted by atomic mass is 16.5. The molecule has 2 heterocycles. The smallest absolute Gasteiger partial charge is 0.0743 e. The van der Waals surface area contributed by atoms with Gasteiger partial charge in [-0.15, -0.1) is 0 Å². The first-order valence-electron chi connectivity index (χ1n) is 6.84. The number of aromatic nitrogens is 1. The number of nitrogens with two attached hydrogens (primary N) is 1. The van der Waals surface area contributed by atoms with Crippen molar-refractivity contribution in [2.75, 3.05) is 30.9 Å². The molecule has 1 aromatic carbocycles. The fourth-order valence-electron chi connectivity index (χ4n) is 2.65. The number of nitrogens with one attached hydrogen (secondary N) is 1. The Morgan fingerprint density at radius 1 is 1.30 bits per heavy atom. The molecule has 0 amide bonds. The number of rotatable bonds is 3. The van der Waals surface area contributed by atoms with Gasteiger partial charge in [0.25, 0.3) is 0 Å². The van der Waals surface area contributed by atoms with Crippen molar-refractivity contribution < 1.29 is 9.84 Å². The highest BCUT2D eigenvalue weighted by Gasteiger charge is 2.32. The molecule has 1 fully saturated rings. The Kier molecular flexibility index (Phi) is 3.46. The lowest BCUT2D eigenvalue weighted by molar-refractivity contribution is 0.0381. The number of hydrogen-bond donors (Lipinski definition) is 3. The Hall–Kier alpha value is -1.85. The summed E-state index contributed by atoms with van der Waals surface area (Å²) in [4.78, 5) is 4.33. The maximum Gasteiger partial charge on any atom is 0.0743 e. The minimum absolute atomic E-state index is 0.0620. The molecule has 1 aromatic heterocycles. The second kappa shape index (κ2) is 5.26. The van der Waals surface area contributed by atoms with Gasteiger partial charge in [0.15, 0.2) is 0 Å². The number of pyridine rings is 1. The molecule has 20 heavy (non-hydrogen) atoms. The van der Waals surface area contributed by atoms with Gasteiger partial charge >= 0.3 is 0 Å². The van der Waals surface area contributed by atoms with Crippen LogP contribution in [0.25, 0.3) is 10.9 Å². The molecule has 0 unspecified atom stereocenters. The molecule has 5 heteroatoms. The summed E-state index contributed by atoms with van der Waals surface area (Å²) in [7, 11) is 0. The maximum atomic E-state index is 9.79. The van der Waals surface area contributed by atoms with E-state index in [-0.39, 0.29) is 12.1 Å². The van der Waals surface area contributed by atoms with Crippen molar-refractivity contribution in [1.82, 2.24) is 4.98 Å². The van der Waals surface area contributed by atoms with Crippen LogP contribution in [0.3, 0.4) is 0 Å². The van der Waals surface area contributed by atoms with Gasteiger partial charge in [0.2, 0.25) is 0 Å². The summed E-state index contributed by atoms with van der Waals surface area (Å²) < 4.78 is 5.39. The molecule has 0 spiro atoms. The SMILES string of the molecule is Nc1cnc2ccccc2c1NC1(CO)CCOCC1. The molecule has 0 radical (unpaired) electrons. The van der Waals surface area contributed by atoms with Gasteiger partial charge in [0.1, 0.15) is 0 Å². The molecule has 5 nitrogen and oxygen atoms in total. The summed E-state index contributed by atoms with van der Waals surface area (Å²) in [6, 6.07) is 7.86. The zero-order chi connectivity index (χ0) is 14.0. The van der Waals surface area contributed by atoms with Crippen LogP contribution in [0.1, 0.15) is 12.8 Å². The zero-order valence-corrected chi connectivity index (χ0v) is 11.3. The molecule has 0 saturated carbocycles. The number of aliphatic hydroxyl groups excluding tert-OH is 1. The largest absolute Gasteiger partial charge is 0.396 e. The monoisotopic (exact) mass is 273 g/mol. The number of nitrogen functional groups attached to an aromatic ring is 1. The van der Waals surface area contributed by atoms with Gasteiger partial charge in [-0.2, -0.15) is 0 Å².